The topological polar surface area (TPSA) is 69.7 Å². The van der Waals surface area contributed by atoms with E-state index < -0.39 is 11.4 Å². The van der Waals surface area contributed by atoms with Gasteiger partial charge < -0.3 is 9.47 Å². The molecule has 128 valence electrons. The van der Waals surface area contributed by atoms with Gasteiger partial charge in [0.15, 0.2) is 0 Å². The summed E-state index contributed by atoms with van der Waals surface area (Å²) < 4.78 is 10.1. The zero-order valence-electron chi connectivity index (χ0n) is 14.9. The number of rotatable bonds is 8. The van der Waals surface area contributed by atoms with Gasteiger partial charge in [-0.2, -0.15) is 0 Å². The molecule has 5 nitrogen and oxygen atoms in total. The van der Waals surface area contributed by atoms with Crippen LogP contribution in [0.2, 0.25) is 0 Å². The molecule has 0 aromatic heterocycles. The van der Waals surface area contributed by atoms with Crippen molar-refractivity contribution in [3.05, 3.63) is 0 Å². The van der Waals surface area contributed by atoms with Crippen molar-refractivity contribution in [2.45, 2.75) is 61.3 Å². The fraction of sp³-hybridized carbons (Fsp3) is 0.824. The monoisotopic (exact) mass is 314 g/mol. The number of hydrogen-bond donors (Lipinski definition) is 0. The minimum atomic E-state index is -0.607. The third kappa shape index (κ3) is 6.58. The van der Waals surface area contributed by atoms with Crippen LogP contribution in [0.15, 0.2) is 0 Å². The van der Waals surface area contributed by atoms with Crippen LogP contribution in [-0.4, -0.2) is 30.9 Å². The molecule has 0 fully saturated rings. The number of carbonyl (C=O) groups excluding carboxylic acids is 3. The molecular weight excluding hydrogens is 284 g/mol. The molecular formula is C17H30O5. The van der Waals surface area contributed by atoms with Gasteiger partial charge in [-0.05, 0) is 31.6 Å². The summed E-state index contributed by atoms with van der Waals surface area (Å²) in [7, 11) is 0. The van der Waals surface area contributed by atoms with Gasteiger partial charge in [-0.15, -0.1) is 0 Å². The second kappa shape index (κ2) is 8.30. The van der Waals surface area contributed by atoms with Crippen LogP contribution in [-0.2, 0) is 23.9 Å². The number of hydrogen-bond acceptors (Lipinski definition) is 5. The minimum Gasteiger partial charge on any atom is -0.462 e. The van der Waals surface area contributed by atoms with E-state index in [1.165, 1.54) is 6.92 Å². The third-order valence-corrected chi connectivity index (χ3v) is 3.90. The first kappa shape index (κ1) is 20.6. The largest absolute Gasteiger partial charge is 0.462 e. The van der Waals surface area contributed by atoms with Crippen molar-refractivity contribution < 1.29 is 23.9 Å². The maximum atomic E-state index is 12.5. The molecule has 5 heteroatoms. The van der Waals surface area contributed by atoms with E-state index in [9.17, 15) is 14.4 Å². The van der Waals surface area contributed by atoms with Crippen molar-refractivity contribution in [1.29, 1.82) is 0 Å². The number of esters is 2. The van der Waals surface area contributed by atoms with Crippen molar-refractivity contribution >= 4 is 17.7 Å². The first-order valence-electron chi connectivity index (χ1n) is 7.72. The Hall–Kier alpha value is -1.39. The number of carbonyl (C=O) groups is 3. The van der Waals surface area contributed by atoms with Crippen LogP contribution < -0.4 is 0 Å². The highest BCUT2D eigenvalue weighted by molar-refractivity contribution is 5.94. The summed E-state index contributed by atoms with van der Waals surface area (Å²) in [5.74, 6) is -0.759. The molecule has 0 rings (SSSR count). The molecule has 0 radical (unpaired) electrons. The average Bonchev–Trinajstić information content (AvgIpc) is 2.30. The molecule has 0 aliphatic carbocycles. The molecule has 22 heavy (non-hydrogen) atoms. The van der Waals surface area contributed by atoms with E-state index >= 15 is 0 Å². The number of Topliss-reactive ketones (excluding diaryl/α,β-unsaturated/α-hetero) is 1. The Bertz CT molecular complexity index is 406. The highest BCUT2D eigenvalue weighted by atomic mass is 16.6. The first-order chi connectivity index (χ1) is 9.90. The van der Waals surface area contributed by atoms with Crippen LogP contribution in [0.4, 0.5) is 0 Å². The van der Waals surface area contributed by atoms with Crippen LogP contribution in [0.1, 0.15) is 61.3 Å². The fourth-order valence-electron chi connectivity index (χ4n) is 2.22. The Kier molecular flexibility index (Phi) is 7.77. The normalized spacial score (nSPS) is 14.4. The van der Waals surface area contributed by atoms with Crippen LogP contribution in [0.3, 0.4) is 0 Å². The smallest absolute Gasteiger partial charge is 0.313 e. The van der Waals surface area contributed by atoms with Crippen LogP contribution in [0.5, 0.6) is 0 Å². The van der Waals surface area contributed by atoms with E-state index in [1.807, 2.05) is 27.7 Å². The third-order valence-electron chi connectivity index (χ3n) is 3.90. The minimum absolute atomic E-state index is 0.00619. The molecule has 0 saturated carbocycles. The molecule has 0 heterocycles. The maximum absolute atomic E-state index is 12.5. The second-order valence-electron chi connectivity index (χ2n) is 7.42. The predicted octanol–water partition coefficient (Wildman–Crippen LogP) is 3.15. The summed E-state index contributed by atoms with van der Waals surface area (Å²) in [5.41, 5.74) is -0.843. The van der Waals surface area contributed by atoms with Crippen LogP contribution in [0.25, 0.3) is 0 Å². The van der Waals surface area contributed by atoms with E-state index in [0.29, 0.717) is 5.92 Å². The Morgan fingerprint density at radius 2 is 1.45 bits per heavy atom. The summed E-state index contributed by atoms with van der Waals surface area (Å²) in [5, 5.41) is 0. The maximum Gasteiger partial charge on any atom is 0.313 e. The molecule has 0 amide bonds. The Morgan fingerprint density at radius 1 is 0.955 bits per heavy atom. The van der Waals surface area contributed by atoms with E-state index in [1.54, 1.807) is 0 Å². The number of ketones is 1. The zero-order valence-corrected chi connectivity index (χ0v) is 14.9. The van der Waals surface area contributed by atoms with Crippen LogP contribution >= 0.6 is 0 Å². The van der Waals surface area contributed by atoms with Crippen molar-refractivity contribution in [3.8, 4) is 0 Å². The van der Waals surface area contributed by atoms with Gasteiger partial charge in [0.1, 0.15) is 25.4 Å². The molecule has 0 bridgehead atoms. The van der Waals surface area contributed by atoms with Gasteiger partial charge in [0.2, 0.25) is 0 Å². The lowest BCUT2D eigenvalue weighted by atomic mass is 9.64. The Morgan fingerprint density at radius 3 is 1.86 bits per heavy atom. The summed E-state index contributed by atoms with van der Waals surface area (Å²) >= 11 is 0. The first-order valence-corrected chi connectivity index (χ1v) is 7.72. The summed E-state index contributed by atoms with van der Waals surface area (Å²) in [6.45, 7) is 13.4. The molecule has 1 unspecified atom stereocenters. The molecule has 0 spiro atoms. The zero-order chi connectivity index (χ0) is 17.6. The molecule has 0 aliphatic rings. The second-order valence-corrected chi connectivity index (χ2v) is 7.42. The van der Waals surface area contributed by atoms with Gasteiger partial charge in [-0.25, -0.2) is 0 Å². The van der Waals surface area contributed by atoms with Crippen molar-refractivity contribution in [1.82, 2.24) is 0 Å². The lowest BCUT2D eigenvalue weighted by Gasteiger charge is -2.40. The van der Waals surface area contributed by atoms with Crippen molar-refractivity contribution in [2.75, 3.05) is 13.2 Å². The lowest BCUT2D eigenvalue weighted by molar-refractivity contribution is -0.167. The predicted molar refractivity (Wildman–Crippen MR) is 84.2 cm³/mol. The van der Waals surface area contributed by atoms with E-state index in [0.717, 1.165) is 6.42 Å². The Labute approximate surface area is 133 Å². The van der Waals surface area contributed by atoms with Gasteiger partial charge >= 0.3 is 11.9 Å². The molecule has 0 aliphatic heterocycles. The molecule has 0 N–H and O–H groups in total. The molecule has 1 atom stereocenters. The number of ether oxygens (including phenoxy) is 2. The Balaban J connectivity index is 4.49. The van der Waals surface area contributed by atoms with Crippen molar-refractivity contribution in [3.63, 3.8) is 0 Å². The van der Waals surface area contributed by atoms with Gasteiger partial charge in [0, 0.05) is 0 Å². The van der Waals surface area contributed by atoms with E-state index in [-0.39, 0.29) is 36.8 Å². The van der Waals surface area contributed by atoms with Gasteiger partial charge in [0.05, 0.1) is 5.41 Å². The van der Waals surface area contributed by atoms with E-state index in [4.69, 9.17) is 9.47 Å². The summed E-state index contributed by atoms with van der Waals surface area (Å²) in [6.07, 6.45) is 0.473. The van der Waals surface area contributed by atoms with E-state index in [2.05, 4.69) is 13.8 Å². The lowest BCUT2D eigenvalue weighted by Crippen LogP contribution is -2.43. The quantitative estimate of drug-likeness (QED) is 0.391. The highest BCUT2D eigenvalue weighted by Crippen LogP contribution is 2.44. The standard InChI is InChI=1S/C17H30O5/c1-12(2)11-17(7,16(4,5)6)15(20)22-9-8-21-14(19)10-13(3)18/h12H,8-11H2,1-7H3. The molecule has 0 aromatic rings. The van der Waals surface area contributed by atoms with Crippen LogP contribution in [0, 0.1) is 16.7 Å². The summed E-state index contributed by atoms with van der Waals surface area (Å²) in [6, 6.07) is 0. The molecule has 0 saturated heterocycles. The fourth-order valence-corrected chi connectivity index (χ4v) is 2.22. The highest BCUT2D eigenvalue weighted by Gasteiger charge is 2.45. The van der Waals surface area contributed by atoms with Gasteiger partial charge in [-0.1, -0.05) is 34.6 Å². The van der Waals surface area contributed by atoms with Gasteiger partial charge in [0.25, 0.3) is 0 Å². The van der Waals surface area contributed by atoms with Gasteiger partial charge in [-0.3, -0.25) is 14.4 Å². The van der Waals surface area contributed by atoms with Crippen molar-refractivity contribution in [2.24, 2.45) is 16.7 Å². The average molecular weight is 314 g/mol. The SMILES string of the molecule is CC(=O)CC(=O)OCCOC(=O)C(C)(CC(C)C)C(C)(C)C. The molecule has 0 aromatic carbocycles. The summed E-state index contributed by atoms with van der Waals surface area (Å²) in [4.78, 5) is 34.4.